The van der Waals surface area contributed by atoms with E-state index in [2.05, 4.69) is 16.3 Å². The van der Waals surface area contributed by atoms with Gasteiger partial charge >= 0.3 is 0 Å². The Kier molecular flexibility index (Phi) is 4.03. The van der Waals surface area contributed by atoms with Crippen LogP contribution in [0.5, 0.6) is 0 Å². The van der Waals surface area contributed by atoms with Gasteiger partial charge < -0.3 is 5.73 Å². The van der Waals surface area contributed by atoms with Crippen molar-refractivity contribution in [2.75, 3.05) is 5.73 Å². The average molecular weight is 241 g/mol. The fraction of sp³-hybridized carbons (Fsp3) is 0.300. The van der Waals surface area contributed by atoms with Crippen LogP contribution >= 0.6 is 0 Å². The molecule has 1 unspecified atom stereocenters. The molecule has 1 heterocycles. The lowest BCUT2D eigenvalue weighted by Gasteiger charge is -2.12. The van der Waals surface area contributed by atoms with Crippen LogP contribution in [0.25, 0.3) is 0 Å². The second kappa shape index (κ2) is 5.09. The molecule has 0 saturated heterocycles. The van der Waals surface area contributed by atoms with E-state index in [1.54, 1.807) is 13.0 Å². The molecule has 0 fully saturated rings. The summed E-state index contributed by atoms with van der Waals surface area (Å²) in [5, 5.41) is 0. The van der Waals surface area contributed by atoms with Gasteiger partial charge in [-0.05, 0) is 25.5 Å². The predicted molar refractivity (Wildman–Crippen MR) is 63.2 cm³/mol. The van der Waals surface area contributed by atoms with E-state index in [0.717, 1.165) is 0 Å². The van der Waals surface area contributed by atoms with Gasteiger partial charge in [-0.2, -0.15) is 0 Å². The minimum atomic E-state index is -3.60. The summed E-state index contributed by atoms with van der Waals surface area (Å²) in [7, 11) is -3.60. The number of pyridine rings is 1. The van der Waals surface area contributed by atoms with Crippen molar-refractivity contribution in [3.05, 3.63) is 31.0 Å². The Hall–Kier alpha value is -1.40. The van der Waals surface area contributed by atoms with Crippen molar-refractivity contribution < 1.29 is 8.42 Å². The average Bonchev–Trinajstić information content (AvgIpc) is 2.17. The highest BCUT2D eigenvalue weighted by Crippen LogP contribution is 2.14. The van der Waals surface area contributed by atoms with E-state index in [9.17, 15) is 8.42 Å². The SMILES string of the molecule is C=CCC(C)NS(=O)(=O)c1cccnc1N. The summed E-state index contributed by atoms with van der Waals surface area (Å²) in [4.78, 5) is 3.74. The minimum absolute atomic E-state index is 0.000744. The van der Waals surface area contributed by atoms with Crippen LogP contribution in [0, 0.1) is 0 Å². The molecular weight excluding hydrogens is 226 g/mol. The maximum absolute atomic E-state index is 11.9. The molecule has 6 heteroatoms. The summed E-state index contributed by atoms with van der Waals surface area (Å²) < 4.78 is 26.2. The lowest BCUT2D eigenvalue weighted by molar-refractivity contribution is 0.562. The summed E-state index contributed by atoms with van der Waals surface area (Å²) in [6.45, 7) is 5.30. The molecule has 0 aliphatic carbocycles. The Morgan fingerprint density at radius 3 is 2.94 bits per heavy atom. The van der Waals surface area contributed by atoms with Gasteiger partial charge in [-0.15, -0.1) is 6.58 Å². The second-order valence-electron chi connectivity index (χ2n) is 3.43. The number of anilines is 1. The number of hydrogen-bond donors (Lipinski definition) is 2. The van der Waals surface area contributed by atoms with Crippen LogP contribution in [0.15, 0.2) is 35.9 Å². The van der Waals surface area contributed by atoms with Crippen LogP contribution in [0.2, 0.25) is 0 Å². The van der Waals surface area contributed by atoms with Crippen LogP contribution in [0.3, 0.4) is 0 Å². The highest BCUT2D eigenvalue weighted by atomic mass is 32.2. The Balaban J connectivity index is 2.95. The van der Waals surface area contributed by atoms with Crippen molar-refractivity contribution in [2.45, 2.75) is 24.3 Å². The Morgan fingerprint density at radius 1 is 1.69 bits per heavy atom. The highest BCUT2D eigenvalue weighted by molar-refractivity contribution is 7.89. The van der Waals surface area contributed by atoms with Crippen molar-refractivity contribution in [3.63, 3.8) is 0 Å². The van der Waals surface area contributed by atoms with Crippen molar-refractivity contribution >= 4 is 15.8 Å². The van der Waals surface area contributed by atoms with E-state index in [4.69, 9.17) is 5.73 Å². The molecular formula is C10H15N3O2S. The molecule has 0 radical (unpaired) electrons. The molecule has 1 aromatic heterocycles. The van der Waals surface area contributed by atoms with Gasteiger partial charge in [-0.1, -0.05) is 6.08 Å². The van der Waals surface area contributed by atoms with E-state index in [0.29, 0.717) is 6.42 Å². The zero-order valence-electron chi connectivity index (χ0n) is 9.05. The molecule has 0 bridgehead atoms. The number of hydrogen-bond acceptors (Lipinski definition) is 4. The molecule has 0 amide bonds. The highest BCUT2D eigenvalue weighted by Gasteiger charge is 2.19. The van der Waals surface area contributed by atoms with E-state index in [1.807, 2.05) is 0 Å². The first kappa shape index (κ1) is 12.7. The van der Waals surface area contributed by atoms with Gasteiger partial charge in [0.1, 0.15) is 10.7 Å². The monoisotopic (exact) mass is 241 g/mol. The normalized spacial score (nSPS) is 13.3. The van der Waals surface area contributed by atoms with Crippen molar-refractivity contribution in [3.8, 4) is 0 Å². The zero-order chi connectivity index (χ0) is 12.2. The van der Waals surface area contributed by atoms with Gasteiger partial charge in [0.25, 0.3) is 0 Å². The van der Waals surface area contributed by atoms with Crippen LogP contribution in [-0.2, 0) is 10.0 Å². The summed E-state index contributed by atoms with van der Waals surface area (Å²) in [5.74, 6) is 0.000744. The topological polar surface area (TPSA) is 85.1 Å². The molecule has 0 spiro atoms. The molecule has 0 aromatic carbocycles. The van der Waals surface area contributed by atoms with Crippen LogP contribution in [-0.4, -0.2) is 19.4 Å². The summed E-state index contributed by atoms with van der Waals surface area (Å²) in [5.41, 5.74) is 5.51. The summed E-state index contributed by atoms with van der Waals surface area (Å²) in [6.07, 6.45) is 3.65. The van der Waals surface area contributed by atoms with Gasteiger partial charge in [-0.25, -0.2) is 18.1 Å². The molecule has 5 nitrogen and oxygen atoms in total. The smallest absolute Gasteiger partial charge is 0.244 e. The van der Waals surface area contributed by atoms with E-state index in [-0.39, 0.29) is 16.8 Å². The van der Waals surface area contributed by atoms with Gasteiger partial charge in [0.2, 0.25) is 10.0 Å². The number of nitrogen functional groups attached to an aromatic ring is 1. The number of sulfonamides is 1. The Labute approximate surface area is 95.4 Å². The van der Waals surface area contributed by atoms with Crippen molar-refractivity contribution in [1.29, 1.82) is 0 Å². The summed E-state index contributed by atoms with van der Waals surface area (Å²) in [6, 6.07) is 2.73. The van der Waals surface area contributed by atoms with Crippen LogP contribution in [0.4, 0.5) is 5.82 Å². The maximum Gasteiger partial charge on any atom is 0.244 e. The lowest BCUT2D eigenvalue weighted by atomic mass is 10.3. The molecule has 1 aromatic rings. The van der Waals surface area contributed by atoms with Gasteiger partial charge in [-0.3, -0.25) is 0 Å². The quantitative estimate of drug-likeness (QED) is 0.750. The second-order valence-corrected chi connectivity index (χ2v) is 5.12. The first-order chi connectivity index (χ1) is 7.47. The third-order valence-corrected chi connectivity index (χ3v) is 3.60. The zero-order valence-corrected chi connectivity index (χ0v) is 9.87. The largest absolute Gasteiger partial charge is 0.383 e. The minimum Gasteiger partial charge on any atom is -0.383 e. The summed E-state index contributed by atoms with van der Waals surface area (Å²) >= 11 is 0. The number of nitrogens with two attached hydrogens (primary N) is 1. The molecule has 88 valence electrons. The number of aromatic nitrogens is 1. The van der Waals surface area contributed by atoms with Crippen molar-refractivity contribution in [1.82, 2.24) is 9.71 Å². The van der Waals surface area contributed by atoms with Gasteiger partial charge in [0.05, 0.1) is 0 Å². The maximum atomic E-state index is 11.9. The van der Waals surface area contributed by atoms with E-state index in [1.165, 1.54) is 18.3 Å². The number of rotatable bonds is 5. The van der Waals surface area contributed by atoms with Crippen LogP contribution in [0.1, 0.15) is 13.3 Å². The van der Waals surface area contributed by atoms with Gasteiger partial charge in [0.15, 0.2) is 0 Å². The Morgan fingerprint density at radius 2 is 2.38 bits per heavy atom. The molecule has 0 saturated carbocycles. The first-order valence-corrected chi connectivity index (χ1v) is 6.29. The Bertz CT molecular complexity index is 471. The molecule has 1 rings (SSSR count). The van der Waals surface area contributed by atoms with Gasteiger partial charge in [0, 0.05) is 12.2 Å². The third kappa shape index (κ3) is 3.04. The predicted octanol–water partition coefficient (Wildman–Crippen LogP) is 0.907. The van der Waals surface area contributed by atoms with E-state index >= 15 is 0 Å². The molecule has 16 heavy (non-hydrogen) atoms. The first-order valence-electron chi connectivity index (χ1n) is 4.81. The molecule has 1 atom stereocenters. The van der Waals surface area contributed by atoms with Crippen LogP contribution < -0.4 is 10.5 Å². The fourth-order valence-electron chi connectivity index (χ4n) is 1.26. The molecule has 0 aliphatic rings. The standard InChI is InChI=1S/C10H15N3O2S/c1-3-5-8(2)13-16(14,15)9-6-4-7-12-10(9)11/h3-4,6-8,13H,1,5H2,2H3,(H2,11,12). The molecule has 0 aliphatic heterocycles. The molecule has 3 N–H and O–H groups in total. The number of nitrogens with one attached hydrogen (secondary N) is 1. The van der Waals surface area contributed by atoms with Crippen molar-refractivity contribution in [2.24, 2.45) is 0 Å². The fourth-order valence-corrected chi connectivity index (χ4v) is 2.60. The third-order valence-electron chi connectivity index (χ3n) is 1.97. The lowest BCUT2D eigenvalue weighted by Crippen LogP contribution is -2.32. The van der Waals surface area contributed by atoms with E-state index < -0.39 is 10.0 Å². The number of nitrogens with zero attached hydrogens (tertiary/aromatic N) is 1.